The van der Waals surface area contributed by atoms with Crippen LogP contribution in [-0.4, -0.2) is 22.0 Å². The Labute approximate surface area is 95.4 Å². The topological polar surface area (TPSA) is 59.1 Å². The molecular formula is C9H7ClN2O2S. The van der Waals surface area contributed by atoms with E-state index in [2.05, 4.69) is 10.3 Å². The van der Waals surface area contributed by atoms with Crippen molar-refractivity contribution < 1.29 is 9.59 Å². The number of nitrogens with one attached hydrogen (secondary N) is 1. The lowest BCUT2D eigenvalue weighted by Crippen LogP contribution is -2.20. The SMILES string of the molecule is Cc1cc2c(c(SCCl)n1)C(=O)NC2=O. The van der Waals surface area contributed by atoms with Crippen LogP contribution >= 0.6 is 23.4 Å². The number of amides is 2. The number of halogens is 1. The van der Waals surface area contributed by atoms with Crippen molar-refractivity contribution in [1.82, 2.24) is 10.3 Å². The molecule has 0 aromatic carbocycles. The van der Waals surface area contributed by atoms with Crippen molar-refractivity contribution in [2.24, 2.45) is 0 Å². The molecule has 1 aromatic heterocycles. The minimum absolute atomic E-state index is 0.296. The van der Waals surface area contributed by atoms with Crippen molar-refractivity contribution in [3.63, 3.8) is 0 Å². The van der Waals surface area contributed by atoms with Crippen molar-refractivity contribution in [1.29, 1.82) is 0 Å². The second-order valence-corrected chi connectivity index (χ2v) is 4.58. The summed E-state index contributed by atoms with van der Waals surface area (Å²) in [6.45, 7) is 1.77. The summed E-state index contributed by atoms with van der Waals surface area (Å²) in [6.07, 6.45) is 0. The first-order valence-corrected chi connectivity index (χ1v) is 5.71. The van der Waals surface area contributed by atoms with Crippen LogP contribution in [0.15, 0.2) is 11.1 Å². The Kier molecular flexibility index (Phi) is 2.67. The standard InChI is InChI=1S/C9H7ClN2O2S/c1-4-2-5-6(8(14)12-7(5)13)9(11-4)15-3-10/h2H,3H2,1H3,(H,12,13,14). The molecule has 0 saturated heterocycles. The van der Waals surface area contributed by atoms with E-state index in [1.165, 1.54) is 11.8 Å². The van der Waals surface area contributed by atoms with Crippen molar-refractivity contribution in [3.05, 3.63) is 22.9 Å². The zero-order valence-electron chi connectivity index (χ0n) is 7.83. The number of alkyl halides is 1. The molecule has 0 radical (unpaired) electrons. The van der Waals surface area contributed by atoms with E-state index in [1.807, 2.05) is 0 Å². The van der Waals surface area contributed by atoms with Gasteiger partial charge in [0.2, 0.25) is 0 Å². The highest BCUT2D eigenvalue weighted by Crippen LogP contribution is 2.27. The molecule has 2 heterocycles. The van der Waals surface area contributed by atoms with Gasteiger partial charge in [-0.1, -0.05) is 11.8 Å². The van der Waals surface area contributed by atoms with Crippen molar-refractivity contribution in [2.45, 2.75) is 11.9 Å². The van der Waals surface area contributed by atoms with Crippen LogP contribution in [0.1, 0.15) is 26.4 Å². The molecule has 1 aromatic rings. The lowest BCUT2D eigenvalue weighted by atomic mass is 10.1. The van der Waals surface area contributed by atoms with Crippen molar-refractivity contribution >= 4 is 35.2 Å². The zero-order valence-corrected chi connectivity index (χ0v) is 9.41. The summed E-state index contributed by atoms with van der Waals surface area (Å²) < 4.78 is 0. The molecular weight excluding hydrogens is 236 g/mol. The smallest absolute Gasteiger partial charge is 0.261 e. The number of thioether (sulfide) groups is 1. The Morgan fingerprint density at radius 1 is 1.47 bits per heavy atom. The van der Waals surface area contributed by atoms with E-state index in [1.54, 1.807) is 13.0 Å². The highest BCUT2D eigenvalue weighted by atomic mass is 35.5. The third-order valence-corrected chi connectivity index (χ3v) is 3.01. The first-order valence-electron chi connectivity index (χ1n) is 4.19. The minimum atomic E-state index is -0.393. The third kappa shape index (κ3) is 1.72. The number of nitrogens with zero attached hydrogens (tertiary/aromatic N) is 1. The highest BCUT2D eigenvalue weighted by Gasteiger charge is 2.30. The van der Waals surface area contributed by atoms with Gasteiger partial charge in [-0.3, -0.25) is 14.9 Å². The van der Waals surface area contributed by atoms with Gasteiger partial charge in [-0.05, 0) is 13.0 Å². The van der Waals surface area contributed by atoms with Crippen LogP contribution in [0.3, 0.4) is 0 Å². The van der Waals surface area contributed by atoms with Crippen molar-refractivity contribution in [2.75, 3.05) is 5.21 Å². The molecule has 1 N–H and O–H groups in total. The fourth-order valence-corrected chi connectivity index (χ4v) is 2.40. The van der Waals surface area contributed by atoms with Gasteiger partial charge >= 0.3 is 0 Å². The number of fused-ring (bicyclic) bond motifs is 1. The monoisotopic (exact) mass is 242 g/mol. The highest BCUT2D eigenvalue weighted by molar-refractivity contribution is 8.00. The maximum absolute atomic E-state index is 11.5. The van der Waals surface area contributed by atoms with Gasteiger partial charge in [-0.15, -0.1) is 11.6 Å². The molecule has 0 saturated carbocycles. The molecule has 1 aliphatic rings. The quantitative estimate of drug-likeness (QED) is 0.486. The number of rotatable bonds is 2. The molecule has 2 rings (SSSR count). The average molecular weight is 243 g/mol. The van der Waals surface area contributed by atoms with E-state index < -0.39 is 5.91 Å². The van der Waals surface area contributed by atoms with Gasteiger partial charge in [0, 0.05) is 5.69 Å². The summed E-state index contributed by atoms with van der Waals surface area (Å²) in [7, 11) is 0. The summed E-state index contributed by atoms with van der Waals surface area (Å²) in [6, 6.07) is 1.61. The first-order chi connectivity index (χ1) is 7.13. The van der Waals surface area contributed by atoms with E-state index in [0.29, 0.717) is 27.1 Å². The average Bonchev–Trinajstić information content (AvgIpc) is 2.42. The maximum atomic E-state index is 11.5. The second-order valence-electron chi connectivity index (χ2n) is 3.03. The van der Waals surface area contributed by atoms with E-state index in [4.69, 9.17) is 11.6 Å². The number of aromatic nitrogens is 1. The molecule has 0 spiro atoms. The van der Waals surface area contributed by atoms with Gasteiger partial charge in [-0.2, -0.15) is 0 Å². The Morgan fingerprint density at radius 3 is 2.87 bits per heavy atom. The number of aryl methyl sites for hydroxylation is 1. The zero-order chi connectivity index (χ0) is 11.0. The number of hydrogen-bond acceptors (Lipinski definition) is 4. The van der Waals surface area contributed by atoms with Crippen LogP contribution in [0.5, 0.6) is 0 Å². The predicted molar refractivity (Wildman–Crippen MR) is 57.3 cm³/mol. The number of hydrogen-bond donors (Lipinski definition) is 1. The first kappa shape index (κ1) is 10.4. The van der Waals surface area contributed by atoms with Crippen LogP contribution < -0.4 is 5.32 Å². The number of carbonyl (C=O) groups is 2. The normalized spacial score (nSPS) is 14.0. The molecule has 1 aliphatic heterocycles. The van der Waals surface area contributed by atoms with Crippen molar-refractivity contribution in [3.8, 4) is 0 Å². The summed E-state index contributed by atoms with van der Waals surface area (Å²) in [5, 5.41) is 3.05. The second kappa shape index (κ2) is 3.83. The lowest BCUT2D eigenvalue weighted by molar-refractivity contribution is 0.0878. The molecule has 15 heavy (non-hydrogen) atoms. The Hall–Kier alpha value is -1.07. The molecule has 78 valence electrons. The lowest BCUT2D eigenvalue weighted by Gasteiger charge is -2.03. The van der Waals surface area contributed by atoms with Crippen LogP contribution in [-0.2, 0) is 0 Å². The van der Waals surface area contributed by atoms with Crippen LogP contribution in [0.4, 0.5) is 0 Å². The van der Waals surface area contributed by atoms with Gasteiger partial charge in [0.15, 0.2) is 0 Å². The third-order valence-electron chi connectivity index (χ3n) is 2.00. The van der Waals surface area contributed by atoms with E-state index >= 15 is 0 Å². The van der Waals surface area contributed by atoms with Gasteiger partial charge in [0.05, 0.1) is 16.3 Å². The Balaban J connectivity index is 2.62. The Bertz CT molecular complexity index is 462. The summed E-state index contributed by atoms with van der Waals surface area (Å²) >= 11 is 6.82. The molecule has 6 heteroatoms. The molecule has 0 fully saturated rings. The van der Waals surface area contributed by atoms with Gasteiger partial charge < -0.3 is 0 Å². The van der Waals surface area contributed by atoms with Gasteiger partial charge in [-0.25, -0.2) is 4.98 Å². The minimum Gasteiger partial charge on any atom is -0.288 e. The summed E-state index contributed by atoms with van der Waals surface area (Å²) in [5.41, 5.74) is 1.43. The van der Waals surface area contributed by atoms with E-state index in [9.17, 15) is 9.59 Å². The van der Waals surface area contributed by atoms with Crippen LogP contribution in [0, 0.1) is 6.92 Å². The van der Waals surface area contributed by atoms with Gasteiger partial charge in [0.25, 0.3) is 11.8 Å². The molecule has 2 amide bonds. The van der Waals surface area contributed by atoms with E-state index in [0.717, 1.165) is 0 Å². The summed E-state index contributed by atoms with van der Waals surface area (Å²) in [5.74, 6) is -0.757. The number of imide groups is 1. The molecule has 4 nitrogen and oxygen atoms in total. The predicted octanol–water partition coefficient (Wildman–Crippen LogP) is 1.56. The van der Waals surface area contributed by atoms with Gasteiger partial charge in [0.1, 0.15) is 5.03 Å². The van der Waals surface area contributed by atoms with E-state index in [-0.39, 0.29) is 5.91 Å². The largest absolute Gasteiger partial charge is 0.288 e. The van der Waals surface area contributed by atoms with Crippen LogP contribution in [0.25, 0.3) is 0 Å². The number of pyridine rings is 1. The molecule has 0 atom stereocenters. The molecule has 0 aliphatic carbocycles. The fourth-order valence-electron chi connectivity index (χ4n) is 1.43. The fraction of sp³-hybridized carbons (Fsp3) is 0.222. The molecule has 0 bridgehead atoms. The number of carbonyl (C=O) groups excluding carboxylic acids is 2. The summed E-state index contributed by atoms with van der Waals surface area (Å²) in [4.78, 5) is 27.0. The maximum Gasteiger partial charge on any atom is 0.261 e. The van der Waals surface area contributed by atoms with Crippen LogP contribution in [0.2, 0.25) is 0 Å². The Morgan fingerprint density at radius 2 is 2.20 bits per heavy atom. The molecule has 0 unspecified atom stereocenters.